The van der Waals surface area contributed by atoms with Gasteiger partial charge in [-0.15, -0.1) is 0 Å². The molecule has 0 spiro atoms. The molecule has 186 valence electrons. The molecule has 7 nitrogen and oxygen atoms in total. The van der Waals surface area contributed by atoms with Gasteiger partial charge in [0.25, 0.3) is 5.91 Å². The molecule has 5 rings (SSSR count). The Balaban J connectivity index is 1.14. The fourth-order valence-electron chi connectivity index (χ4n) is 4.94. The smallest absolute Gasteiger partial charge is 0.260 e. The van der Waals surface area contributed by atoms with E-state index in [1.54, 1.807) is 13.3 Å². The minimum atomic E-state index is 0.0162. The third-order valence-corrected chi connectivity index (χ3v) is 7.08. The lowest BCUT2D eigenvalue weighted by atomic mass is 9.90. The minimum absolute atomic E-state index is 0.0162. The van der Waals surface area contributed by atoms with Crippen molar-refractivity contribution in [1.29, 1.82) is 0 Å². The summed E-state index contributed by atoms with van der Waals surface area (Å²) in [5.41, 5.74) is 4.03. The highest BCUT2D eigenvalue weighted by molar-refractivity contribution is 5.85. The number of fused-ring (bicyclic) bond motifs is 1. The van der Waals surface area contributed by atoms with Crippen molar-refractivity contribution in [2.24, 2.45) is 13.0 Å². The number of piperidine rings is 1. The Bertz CT molecular complexity index is 1340. The number of methoxy groups -OCH3 is 1. The van der Waals surface area contributed by atoms with Crippen LogP contribution in [0, 0.1) is 5.92 Å². The summed E-state index contributed by atoms with van der Waals surface area (Å²) in [4.78, 5) is 19.4. The molecule has 0 atom stereocenters. The summed E-state index contributed by atoms with van der Waals surface area (Å²) in [5.74, 6) is 2.18. The Morgan fingerprint density at radius 2 is 1.94 bits per heavy atom. The van der Waals surface area contributed by atoms with Crippen LogP contribution in [0.3, 0.4) is 0 Å². The number of carbonyl (C=O) groups excluding carboxylic acids is 1. The lowest BCUT2D eigenvalue weighted by Crippen LogP contribution is -2.41. The number of hydrogen-bond donors (Lipinski definition) is 0. The highest BCUT2D eigenvalue weighted by atomic mass is 16.5. The fourth-order valence-corrected chi connectivity index (χ4v) is 4.94. The normalized spacial score (nSPS) is 14.2. The molecular formula is C29H32N4O3. The number of benzene rings is 2. The zero-order valence-electron chi connectivity index (χ0n) is 20.9. The molecule has 7 heteroatoms. The van der Waals surface area contributed by atoms with Crippen molar-refractivity contribution in [3.8, 4) is 22.8 Å². The van der Waals surface area contributed by atoms with E-state index in [0.29, 0.717) is 11.7 Å². The first-order valence-corrected chi connectivity index (χ1v) is 12.5. The number of aromatic nitrogens is 3. The molecule has 1 saturated heterocycles. The van der Waals surface area contributed by atoms with Gasteiger partial charge in [-0.3, -0.25) is 14.5 Å². The molecule has 1 aliphatic heterocycles. The Labute approximate surface area is 211 Å². The summed E-state index contributed by atoms with van der Waals surface area (Å²) < 4.78 is 13.2. The van der Waals surface area contributed by atoms with Crippen molar-refractivity contribution in [2.75, 3.05) is 26.8 Å². The first-order valence-electron chi connectivity index (χ1n) is 12.5. The van der Waals surface area contributed by atoms with Crippen molar-refractivity contribution in [3.05, 3.63) is 72.6 Å². The van der Waals surface area contributed by atoms with Crippen molar-refractivity contribution in [1.82, 2.24) is 19.7 Å². The first-order chi connectivity index (χ1) is 17.6. The number of rotatable bonds is 8. The molecule has 1 amide bonds. The van der Waals surface area contributed by atoms with Crippen LogP contribution in [0.4, 0.5) is 0 Å². The summed E-state index contributed by atoms with van der Waals surface area (Å²) in [6, 6.07) is 18.1. The maximum absolute atomic E-state index is 12.9. The zero-order valence-corrected chi connectivity index (χ0v) is 20.9. The largest absolute Gasteiger partial charge is 0.497 e. The van der Waals surface area contributed by atoms with Crippen LogP contribution in [0.15, 0.2) is 67.0 Å². The average molecular weight is 485 g/mol. The number of hydrogen-bond acceptors (Lipinski definition) is 5. The Kier molecular flexibility index (Phi) is 7.16. The number of aryl methyl sites for hydroxylation is 2. The van der Waals surface area contributed by atoms with Gasteiger partial charge >= 0.3 is 0 Å². The van der Waals surface area contributed by atoms with Crippen LogP contribution in [-0.2, 0) is 18.3 Å². The SMILES string of the molecule is COc1cccc(CCC2CCN(C(=O)COc3cccnc3-c3ccc4c(cnn4C)c3)CC2)c1. The Hall–Kier alpha value is -3.87. The Morgan fingerprint density at radius 1 is 1.08 bits per heavy atom. The topological polar surface area (TPSA) is 69.5 Å². The molecule has 0 aliphatic carbocycles. The first kappa shape index (κ1) is 23.9. The summed E-state index contributed by atoms with van der Waals surface area (Å²) in [7, 11) is 3.62. The molecule has 2 aromatic carbocycles. The van der Waals surface area contributed by atoms with Gasteiger partial charge in [0.1, 0.15) is 17.2 Å². The summed E-state index contributed by atoms with van der Waals surface area (Å²) in [6.45, 7) is 1.58. The number of nitrogens with zero attached hydrogens (tertiary/aromatic N) is 4. The summed E-state index contributed by atoms with van der Waals surface area (Å²) in [5, 5.41) is 5.35. The van der Waals surface area contributed by atoms with E-state index in [9.17, 15) is 4.79 Å². The van der Waals surface area contributed by atoms with E-state index in [2.05, 4.69) is 28.3 Å². The van der Waals surface area contributed by atoms with Gasteiger partial charge in [0, 0.05) is 37.3 Å². The van der Waals surface area contributed by atoms with E-state index in [4.69, 9.17) is 9.47 Å². The van der Waals surface area contributed by atoms with Crippen LogP contribution in [0.25, 0.3) is 22.2 Å². The molecule has 1 aliphatic rings. The van der Waals surface area contributed by atoms with Crippen LogP contribution in [-0.4, -0.2) is 52.4 Å². The number of ether oxygens (including phenoxy) is 2. The van der Waals surface area contributed by atoms with Crippen molar-refractivity contribution >= 4 is 16.8 Å². The second-order valence-corrected chi connectivity index (χ2v) is 9.39. The maximum Gasteiger partial charge on any atom is 0.260 e. The second kappa shape index (κ2) is 10.8. The number of pyridine rings is 1. The predicted octanol–water partition coefficient (Wildman–Crippen LogP) is 4.89. The third kappa shape index (κ3) is 5.35. The molecule has 0 unspecified atom stereocenters. The van der Waals surface area contributed by atoms with E-state index in [1.807, 2.05) is 59.2 Å². The number of amides is 1. The molecule has 36 heavy (non-hydrogen) atoms. The lowest BCUT2D eigenvalue weighted by molar-refractivity contribution is -0.134. The zero-order chi connectivity index (χ0) is 24.9. The van der Waals surface area contributed by atoms with Gasteiger partial charge in [0.05, 0.1) is 18.8 Å². The Morgan fingerprint density at radius 3 is 2.78 bits per heavy atom. The van der Waals surface area contributed by atoms with Gasteiger partial charge in [-0.1, -0.05) is 18.2 Å². The van der Waals surface area contributed by atoms with E-state index in [-0.39, 0.29) is 12.5 Å². The van der Waals surface area contributed by atoms with Crippen LogP contribution in [0.5, 0.6) is 11.5 Å². The molecular weight excluding hydrogens is 452 g/mol. The molecule has 3 heterocycles. The van der Waals surface area contributed by atoms with E-state index in [1.165, 1.54) is 5.56 Å². The monoisotopic (exact) mass is 484 g/mol. The highest BCUT2D eigenvalue weighted by Gasteiger charge is 2.23. The lowest BCUT2D eigenvalue weighted by Gasteiger charge is -2.32. The van der Waals surface area contributed by atoms with Gasteiger partial charge in [-0.2, -0.15) is 5.10 Å². The third-order valence-electron chi connectivity index (χ3n) is 7.08. The van der Waals surface area contributed by atoms with Gasteiger partial charge in [-0.25, -0.2) is 0 Å². The molecule has 4 aromatic rings. The van der Waals surface area contributed by atoms with Gasteiger partial charge in [0.15, 0.2) is 6.61 Å². The standard InChI is InChI=1S/C29H32N4O3/c1-32-26-11-10-23(18-24(26)19-31-32)29-27(7-4-14-30-29)36-20-28(34)33-15-12-21(13-16-33)8-9-22-5-3-6-25(17-22)35-2/h3-7,10-11,14,17-19,21H,8-9,12-13,15-16,20H2,1-2H3. The predicted molar refractivity (Wildman–Crippen MR) is 140 cm³/mol. The van der Waals surface area contributed by atoms with Crippen LogP contribution in [0.2, 0.25) is 0 Å². The quantitative estimate of drug-likeness (QED) is 0.356. The molecule has 2 aromatic heterocycles. The molecule has 1 fully saturated rings. The fraction of sp³-hybridized carbons (Fsp3) is 0.345. The van der Waals surface area contributed by atoms with Gasteiger partial charge in [0.2, 0.25) is 0 Å². The summed E-state index contributed by atoms with van der Waals surface area (Å²) in [6.07, 6.45) is 7.80. The van der Waals surface area contributed by atoms with Gasteiger partial charge < -0.3 is 14.4 Å². The van der Waals surface area contributed by atoms with E-state index < -0.39 is 0 Å². The van der Waals surface area contributed by atoms with Crippen LogP contribution >= 0.6 is 0 Å². The van der Waals surface area contributed by atoms with Crippen LogP contribution < -0.4 is 9.47 Å². The van der Waals surface area contributed by atoms with E-state index in [0.717, 1.165) is 66.7 Å². The molecule has 0 bridgehead atoms. The average Bonchev–Trinajstić information content (AvgIpc) is 3.31. The second-order valence-electron chi connectivity index (χ2n) is 9.39. The molecule has 0 saturated carbocycles. The number of likely N-dealkylation sites (tertiary alicyclic amines) is 1. The minimum Gasteiger partial charge on any atom is -0.497 e. The molecule has 0 N–H and O–H groups in total. The van der Waals surface area contributed by atoms with Crippen molar-refractivity contribution in [3.63, 3.8) is 0 Å². The highest BCUT2D eigenvalue weighted by Crippen LogP contribution is 2.30. The number of carbonyl (C=O) groups is 1. The molecule has 0 radical (unpaired) electrons. The summed E-state index contributed by atoms with van der Waals surface area (Å²) >= 11 is 0. The van der Waals surface area contributed by atoms with Crippen molar-refractivity contribution in [2.45, 2.75) is 25.7 Å². The van der Waals surface area contributed by atoms with Gasteiger partial charge in [-0.05, 0) is 73.6 Å². The van der Waals surface area contributed by atoms with E-state index >= 15 is 0 Å². The maximum atomic E-state index is 12.9. The van der Waals surface area contributed by atoms with Crippen LogP contribution in [0.1, 0.15) is 24.8 Å². The van der Waals surface area contributed by atoms with Crippen molar-refractivity contribution < 1.29 is 14.3 Å².